The van der Waals surface area contributed by atoms with E-state index in [1.807, 2.05) is 19.9 Å². The van der Waals surface area contributed by atoms with E-state index in [-0.39, 0.29) is 0 Å². The van der Waals surface area contributed by atoms with Gasteiger partial charge < -0.3 is 0 Å². The molecule has 224 valence electrons. The lowest BCUT2D eigenvalue weighted by Crippen LogP contribution is -1.89. The molecule has 0 saturated carbocycles. The maximum Gasteiger partial charge on any atom is -0.0216 e. The molecule has 4 aromatic carbocycles. The van der Waals surface area contributed by atoms with E-state index in [1.165, 1.54) is 38.9 Å². The average Bonchev–Trinajstić information content (AvgIpc) is 2.96. The first-order chi connectivity index (χ1) is 19.4. The highest BCUT2D eigenvalue weighted by Gasteiger charge is 2.00. The van der Waals surface area contributed by atoms with Gasteiger partial charge in [-0.15, -0.1) is 0 Å². The highest BCUT2D eigenvalue weighted by molar-refractivity contribution is 5.28. The molecule has 41 heavy (non-hydrogen) atoms. The van der Waals surface area contributed by atoms with Crippen molar-refractivity contribution < 1.29 is 0 Å². The van der Waals surface area contributed by atoms with Crippen LogP contribution in [0.5, 0.6) is 0 Å². The Bertz CT molecular complexity index is 1160. The number of aryl methyl sites for hydroxylation is 3. The van der Waals surface area contributed by atoms with Crippen LogP contribution in [0.3, 0.4) is 0 Å². The summed E-state index contributed by atoms with van der Waals surface area (Å²) < 4.78 is 0. The maximum absolute atomic E-state index is 2.24. The predicted octanol–water partition coefficient (Wildman–Crippen LogP) is 13.2. The topological polar surface area (TPSA) is 0 Å². The lowest BCUT2D eigenvalue weighted by atomic mass is 9.99. The smallest absolute Gasteiger partial charge is 0.0216 e. The fourth-order valence-corrected chi connectivity index (χ4v) is 4.05. The Kier molecular flexibility index (Phi) is 20.0. The van der Waals surface area contributed by atoms with E-state index < -0.39 is 0 Å². The zero-order valence-electron chi connectivity index (χ0n) is 28.6. The second-order valence-electron chi connectivity index (χ2n) is 11.7. The van der Waals surface area contributed by atoms with Crippen LogP contribution in [0.15, 0.2) is 103 Å². The molecule has 4 aromatic rings. The minimum absolute atomic E-state index is 0.653. The zero-order valence-corrected chi connectivity index (χ0v) is 28.6. The number of rotatable bonds is 4. The van der Waals surface area contributed by atoms with Gasteiger partial charge >= 0.3 is 0 Å². The zero-order chi connectivity index (χ0) is 31.4. The van der Waals surface area contributed by atoms with Crippen LogP contribution in [0, 0.1) is 20.8 Å². The van der Waals surface area contributed by atoms with Gasteiger partial charge in [-0.2, -0.15) is 0 Å². The molecule has 0 radical (unpaired) electrons. The monoisotopic (exact) mass is 552 g/mol. The molecule has 4 rings (SSSR count). The minimum Gasteiger partial charge on any atom is -0.0683 e. The average molecular weight is 553 g/mol. The van der Waals surface area contributed by atoms with Crippen LogP contribution in [0.4, 0.5) is 0 Å². The molecule has 0 amide bonds. The molecule has 0 bridgehead atoms. The Balaban J connectivity index is 0.000000510. The lowest BCUT2D eigenvalue weighted by molar-refractivity contribution is 0.856. The number of benzene rings is 4. The molecule has 0 aliphatic rings. The summed E-state index contributed by atoms with van der Waals surface area (Å²) in [5, 5.41) is 0. The van der Waals surface area contributed by atoms with Gasteiger partial charge in [0.2, 0.25) is 0 Å². The van der Waals surface area contributed by atoms with Crippen LogP contribution < -0.4 is 0 Å². The van der Waals surface area contributed by atoms with Crippen molar-refractivity contribution in [2.75, 3.05) is 0 Å². The normalized spacial score (nSPS) is 9.98. The summed E-state index contributed by atoms with van der Waals surface area (Å²) in [4.78, 5) is 0. The molecule has 0 fully saturated rings. The van der Waals surface area contributed by atoms with Crippen molar-refractivity contribution in [3.8, 4) is 0 Å². The van der Waals surface area contributed by atoms with Gasteiger partial charge in [0, 0.05) is 0 Å². The van der Waals surface area contributed by atoms with E-state index in [0.717, 1.165) is 0 Å². The van der Waals surface area contributed by atoms with Crippen LogP contribution in [0.25, 0.3) is 0 Å². The van der Waals surface area contributed by atoms with Gasteiger partial charge in [0.1, 0.15) is 0 Å². The van der Waals surface area contributed by atoms with Gasteiger partial charge in [-0.1, -0.05) is 183 Å². The molecule has 0 unspecified atom stereocenters. The summed E-state index contributed by atoms with van der Waals surface area (Å²) in [5.41, 5.74) is 9.82. The molecule has 0 N–H and O–H groups in total. The van der Waals surface area contributed by atoms with Gasteiger partial charge in [0.15, 0.2) is 0 Å². The molecule has 0 atom stereocenters. The summed E-state index contributed by atoms with van der Waals surface area (Å²) in [7, 11) is 0. The summed E-state index contributed by atoms with van der Waals surface area (Å²) in [6.07, 6.45) is 0. The Morgan fingerprint density at radius 2 is 0.805 bits per heavy atom. The van der Waals surface area contributed by atoms with E-state index in [0.29, 0.717) is 23.7 Å². The Morgan fingerprint density at radius 1 is 0.366 bits per heavy atom. The minimum atomic E-state index is 0.653. The van der Waals surface area contributed by atoms with Crippen molar-refractivity contribution in [2.45, 2.75) is 114 Å². The first-order valence-electron chi connectivity index (χ1n) is 15.7. The lowest BCUT2D eigenvalue weighted by Gasteiger charge is -2.07. The summed E-state index contributed by atoms with van der Waals surface area (Å²) >= 11 is 0. The van der Waals surface area contributed by atoms with Gasteiger partial charge in [-0.3, -0.25) is 0 Å². The molecule has 0 aliphatic heterocycles. The molecule has 0 aliphatic carbocycles. The van der Waals surface area contributed by atoms with Crippen LogP contribution in [0.2, 0.25) is 0 Å². The molecular weight excluding hydrogens is 492 g/mol. The second-order valence-corrected chi connectivity index (χ2v) is 11.7. The van der Waals surface area contributed by atoms with Crippen molar-refractivity contribution in [1.29, 1.82) is 0 Å². The van der Waals surface area contributed by atoms with Gasteiger partial charge in [-0.05, 0) is 72.3 Å². The highest BCUT2D eigenvalue weighted by atomic mass is 14.1. The molecule has 0 heteroatoms. The van der Waals surface area contributed by atoms with E-state index in [2.05, 4.69) is 173 Å². The van der Waals surface area contributed by atoms with E-state index in [9.17, 15) is 0 Å². The molecular formula is C41H60. The summed E-state index contributed by atoms with van der Waals surface area (Å²) in [6, 6.07) is 36.4. The fraction of sp³-hybridized carbons (Fsp3) is 0.415. The third kappa shape index (κ3) is 16.7. The van der Waals surface area contributed by atoms with Gasteiger partial charge in [0.05, 0.1) is 0 Å². The quantitative estimate of drug-likeness (QED) is 0.236. The third-order valence-corrected chi connectivity index (χ3v) is 6.73. The molecule has 0 saturated heterocycles. The summed E-state index contributed by atoms with van der Waals surface area (Å²) in [5.74, 6) is 2.62. The Hall–Kier alpha value is -3.12. The molecule has 0 spiro atoms. The van der Waals surface area contributed by atoms with Crippen molar-refractivity contribution in [3.05, 3.63) is 142 Å². The van der Waals surface area contributed by atoms with Crippen LogP contribution in [-0.4, -0.2) is 0 Å². The van der Waals surface area contributed by atoms with E-state index in [1.54, 1.807) is 0 Å². The van der Waals surface area contributed by atoms with Crippen LogP contribution >= 0.6 is 0 Å². The first-order valence-corrected chi connectivity index (χ1v) is 15.7. The largest absolute Gasteiger partial charge is 0.0683 e. The van der Waals surface area contributed by atoms with Crippen molar-refractivity contribution >= 4 is 0 Å². The number of hydrogen-bond acceptors (Lipinski definition) is 0. The SMILES string of the molecule is CC.CC(C)c1ccccc1.Cc1ccc(C(C)C)cc1.Cc1cccc(C(C)C)c1.Cc1ccccc1C(C)C. The second kappa shape index (κ2) is 21.6. The maximum atomic E-state index is 2.24. The third-order valence-electron chi connectivity index (χ3n) is 6.73. The number of hydrogen-bond donors (Lipinski definition) is 0. The van der Waals surface area contributed by atoms with E-state index in [4.69, 9.17) is 0 Å². The first kappa shape index (κ1) is 37.9. The van der Waals surface area contributed by atoms with Crippen molar-refractivity contribution in [1.82, 2.24) is 0 Å². The molecule has 0 heterocycles. The Labute approximate surface area is 255 Å². The summed E-state index contributed by atoms with van der Waals surface area (Å²) in [6.45, 7) is 28.1. The van der Waals surface area contributed by atoms with Crippen molar-refractivity contribution in [2.24, 2.45) is 0 Å². The van der Waals surface area contributed by atoms with Gasteiger partial charge in [-0.25, -0.2) is 0 Å². The molecule has 0 nitrogen and oxygen atoms in total. The predicted molar refractivity (Wildman–Crippen MR) is 188 cm³/mol. The molecule has 0 aromatic heterocycles. The fourth-order valence-electron chi connectivity index (χ4n) is 4.05. The van der Waals surface area contributed by atoms with Crippen molar-refractivity contribution in [3.63, 3.8) is 0 Å². The van der Waals surface area contributed by atoms with Gasteiger partial charge in [0.25, 0.3) is 0 Å². The van der Waals surface area contributed by atoms with Crippen LogP contribution in [0.1, 0.15) is 132 Å². The van der Waals surface area contributed by atoms with Crippen LogP contribution in [-0.2, 0) is 0 Å². The van der Waals surface area contributed by atoms with E-state index >= 15 is 0 Å². The Morgan fingerprint density at radius 3 is 1.17 bits per heavy atom. The standard InChI is InChI=1S/3C10H14.C9H12.C2H6/c1-8(2)10-6-4-9(3)5-7-10;1-8(2)10-6-4-5-9(3)7-10;1-8(2)10-7-5-4-6-9(10)3;1-8(2)9-6-4-3-5-7-9;1-2/h3*4-8H,1-3H3;3-8H,1-2H3;1-2H3. The highest BCUT2D eigenvalue weighted by Crippen LogP contribution is 2.18.